The lowest BCUT2D eigenvalue weighted by atomic mass is 9.80. The first kappa shape index (κ1) is 69.9. The number of carbonyl (C=O) groups excluding carboxylic acids is 2. The van der Waals surface area contributed by atoms with Crippen LogP contribution in [0.2, 0.25) is 25.1 Å². The summed E-state index contributed by atoms with van der Waals surface area (Å²) >= 11 is 47.3. The molecule has 0 atom stereocenters. The molecule has 0 unspecified atom stereocenters. The maximum absolute atomic E-state index is 13.2. The minimum absolute atomic E-state index is 0.0266. The van der Waals surface area contributed by atoms with Crippen molar-refractivity contribution in [3.05, 3.63) is 181 Å². The van der Waals surface area contributed by atoms with Crippen molar-refractivity contribution in [2.75, 3.05) is 22.1 Å². The minimum atomic E-state index is -3.73. The first-order valence-electron chi connectivity index (χ1n) is 25.0. The summed E-state index contributed by atoms with van der Waals surface area (Å²) in [6.45, 7) is 8.10. The third kappa shape index (κ3) is 18.6. The van der Waals surface area contributed by atoms with Crippen LogP contribution in [0.25, 0.3) is 22.3 Å². The molecule has 0 aliphatic carbocycles. The Morgan fingerprint density at radius 3 is 1.28 bits per heavy atom. The van der Waals surface area contributed by atoms with Crippen LogP contribution in [0.3, 0.4) is 0 Å². The molecule has 5 N–H and O–H groups in total. The van der Waals surface area contributed by atoms with Crippen molar-refractivity contribution in [1.29, 1.82) is 0 Å². The summed E-state index contributed by atoms with van der Waals surface area (Å²) in [6.07, 6.45) is -6.34. The number of aromatic nitrogens is 3. The van der Waals surface area contributed by atoms with E-state index in [1.807, 2.05) is 33.8 Å². The number of alkyl halides is 8. The van der Waals surface area contributed by atoms with E-state index in [1.165, 1.54) is 48.8 Å². The van der Waals surface area contributed by atoms with Crippen molar-refractivity contribution < 1.29 is 73.7 Å². The average molecular weight is 1460 g/mol. The highest BCUT2D eigenvalue weighted by atomic mass is 79.9. The van der Waals surface area contributed by atoms with Crippen LogP contribution in [-0.2, 0) is 9.31 Å². The average Bonchev–Trinajstić information content (AvgIpc) is 1.71. The summed E-state index contributed by atoms with van der Waals surface area (Å²) in [5, 5.41) is 3.75. The fourth-order valence-corrected chi connectivity index (χ4v) is 9.17. The Bertz CT molecular complexity index is 3810. The van der Waals surface area contributed by atoms with Crippen LogP contribution in [0.1, 0.15) is 48.4 Å². The monoisotopic (exact) mass is 1450 g/mol. The molecule has 1 fully saturated rings. The van der Waals surface area contributed by atoms with Crippen LogP contribution >= 0.6 is 109 Å². The predicted molar refractivity (Wildman–Crippen MR) is 334 cm³/mol. The quantitative estimate of drug-likeness (QED) is 0.0612. The third-order valence-corrected chi connectivity index (χ3v) is 15.1. The van der Waals surface area contributed by atoms with Crippen molar-refractivity contribution in [2.45, 2.75) is 57.8 Å². The Labute approximate surface area is 552 Å². The highest BCUT2D eigenvalue weighted by molar-refractivity contribution is 9.10. The first-order chi connectivity index (χ1) is 41.7. The maximum Gasteiger partial charge on any atom is 0.586 e. The van der Waals surface area contributed by atoms with Gasteiger partial charge in [-0.15, -0.1) is 49.5 Å². The molecule has 0 saturated carbocycles. The molecule has 8 aromatic rings. The largest absolute Gasteiger partial charge is 0.586 e. The SMILES string of the molecule is CC1(C)OB(c2ccc(N)nc2)OC1(C)C.ClCCl.FC1(F)Oc2cc(Cl)c(Br)cc2O1.Nc1ccc(-c2cc3c(cc2Cl)OC(F)(F)O3)cn1.O=C(Cl)c1ccccc1Cl.O=C(Nc1ccc(-c2cc3c(cc2Cl)OC(F)(F)O3)cn1)c1ccccc1Cl. The number of nitrogens with zero attached hydrogens (tertiary/aromatic N) is 3. The first-order valence-corrected chi connectivity index (χ1v) is 29.1. The van der Waals surface area contributed by atoms with Gasteiger partial charge in [0.1, 0.15) is 17.5 Å². The van der Waals surface area contributed by atoms with Gasteiger partial charge in [-0.25, -0.2) is 15.0 Å². The van der Waals surface area contributed by atoms with Gasteiger partial charge in [-0.3, -0.25) is 9.59 Å². The number of nitrogen functional groups attached to an aromatic ring is 2. The molecule has 89 heavy (non-hydrogen) atoms. The molecule has 4 aliphatic rings. The number of hydrogen-bond acceptors (Lipinski definition) is 15. The molecule has 12 rings (SSSR count). The van der Waals surface area contributed by atoms with Crippen LogP contribution in [0.5, 0.6) is 34.5 Å². The zero-order valence-electron chi connectivity index (χ0n) is 45.8. The van der Waals surface area contributed by atoms with Crippen molar-refractivity contribution >= 4 is 150 Å². The van der Waals surface area contributed by atoms with Gasteiger partial charge in [0, 0.05) is 75.0 Å². The lowest BCUT2D eigenvalue weighted by Crippen LogP contribution is -2.41. The number of anilines is 3. The van der Waals surface area contributed by atoms with E-state index < -0.39 is 30.0 Å². The minimum Gasteiger partial charge on any atom is -0.399 e. The highest BCUT2D eigenvalue weighted by Gasteiger charge is 2.52. The summed E-state index contributed by atoms with van der Waals surface area (Å²) in [5.74, 6) is 0.220. The van der Waals surface area contributed by atoms with Crippen LogP contribution in [-0.4, -0.2) is 68.6 Å². The predicted octanol–water partition coefficient (Wildman–Crippen LogP) is 17.5. The molecule has 32 heteroatoms. The van der Waals surface area contributed by atoms with Gasteiger partial charge in [0.2, 0.25) is 0 Å². The number of halogens is 15. The summed E-state index contributed by atoms with van der Waals surface area (Å²) in [7, 11) is -0.363. The van der Waals surface area contributed by atoms with Gasteiger partial charge in [-0.1, -0.05) is 88.3 Å². The van der Waals surface area contributed by atoms with Crippen LogP contribution < -0.4 is 50.7 Å². The number of rotatable bonds is 6. The molecule has 5 aromatic carbocycles. The molecule has 0 spiro atoms. The number of fused-ring (bicyclic) bond motifs is 3. The van der Waals surface area contributed by atoms with Gasteiger partial charge in [-0.2, -0.15) is 0 Å². The van der Waals surface area contributed by atoms with Crippen molar-refractivity contribution in [3.8, 4) is 56.8 Å². The Kier molecular flexibility index (Phi) is 22.9. The van der Waals surface area contributed by atoms with Gasteiger partial charge in [0.05, 0.1) is 52.8 Å². The Hall–Kier alpha value is -6.55. The van der Waals surface area contributed by atoms with Crippen LogP contribution in [0.4, 0.5) is 43.8 Å². The molecular weight excluding hydrogens is 1420 g/mol. The Balaban J connectivity index is 0.000000163. The molecule has 0 bridgehead atoms. The molecule has 7 heterocycles. The number of ether oxygens (including phenoxy) is 6. The second kappa shape index (κ2) is 29.2. The number of pyridine rings is 3. The van der Waals surface area contributed by atoms with E-state index in [1.54, 1.807) is 85.1 Å². The fourth-order valence-electron chi connectivity index (χ4n) is 7.51. The molecular formula is C57H42BBrCl8F6N6O10. The van der Waals surface area contributed by atoms with E-state index in [0.29, 0.717) is 64.6 Å². The van der Waals surface area contributed by atoms with E-state index in [9.17, 15) is 35.9 Å². The number of amides is 1. The van der Waals surface area contributed by atoms with Crippen molar-refractivity contribution in [1.82, 2.24) is 15.0 Å². The molecule has 16 nitrogen and oxygen atoms in total. The second-order valence-corrected chi connectivity index (χ2v) is 23.1. The summed E-state index contributed by atoms with van der Waals surface area (Å²) < 4.78 is 115. The molecule has 4 aliphatic heterocycles. The molecule has 1 saturated heterocycles. The van der Waals surface area contributed by atoms with Gasteiger partial charge in [0.25, 0.3) is 11.1 Å². The maximum atomic E-state index is 13.2. The van der Waals surface area contributed by atoms with Crippen molar-refractivity contribution in [3.63, 3.8) is 0 Å². The zero-order valence-corrected chi connectivity index (χ0v) is 53.4. The van der Waals surface area contributed by atoms with Gasteiger partial charge >= 0.3 is 26.0 Å². The normalized spacial score (nSPS) is 15.6. The second-order valence-electron chi connectivity index (χ2n) is 19.1. The number of benzene rings is 5. The smallest absolute Gasteiger partial charge is 0.399 e. The van der Waals surface area contributed by atoms with Gasteiger partial charge < -0.3 is 54.5 Å². The van der Waals surface area contributed by atoms with Crippen LogP contribution in [0.15, 0.2) is 144 Å². The number of hydrogen-bond donors (Lipinski definition) is 3. The summed E-state index contributed by atoms with van der Waals surface area (Å²) in [5.41, 5.74) is 14.1. The molecule has 0 radical (unpaired) electrons. The number of carbonyl (C=O) groups is 2. The van der Waals surface area contributed by atoms with E-state index in [2.05, 4.69) is 64.6 Å². The third-order valence-electron chi connectivity index (χ3n) is 12.4. The molecule has 3 aromatic heterocycles. The highest BCUT2D eigenvalue weighted by Crippen LogP contribution is 2.48. The van der Waals surface area contributed by atoms with E-state index in [0.717, 1.165) is 5.46 Å². The fraction of sp³-hybridized carbons (Fsp3) is 0.175. The van der Waals surface area contributed by atoms with Gasteiger partial charge in [-0.05, 0) is 122 Å². The number of nitrogens with two attached hydrogens (primary N) is 2. The molecule has 468 valence electrons. The lowest BCUT2D eigenvalue weighted by Gasteiger charge is -2.32. The topological polar surface area (TPSA) is 211 Å². The standard InChI is InChI=1S/C19H10Cl2F2N2O3.C12H7ClF2N2O2.C11H17BN2O2.C7H2BrClF2O2.C7H4Cl2O.CH2Cl2/c20-13-4-2-1-3-11(13)18(26)25-17-6-5-10(9-24-17)12-7-15-16(8-14(12)21)28-19(22,23)27-15;13-8-4-10-9(18-12(14,15)19-10)3-7(8)6-1-2-11(16)17-5-6;1-10(2)11(3,4)16-12(15-10)8-5-6-9(13)14-7-8;8-3-1-5-6(2-4(3)9)13-7(10,11)12-5;8-6-4-2-1-3-5(6)7(9)10;2-1-3/h1-9H,(H,24,25,26);1-5H,(H2,16,17);5-7H,1-4H3,(H2,13,14);1-2H;1-4H;1H2. The van der Waals surface area contributed by atoms with E-state index in [4.69, 9.17) is 114 Å². The van der Waals surface area contributed by atoms with Crippen LogP contribution in [0, 0.1) is 0 Å². The number of nitrogens with one attached hydrogen (secondary N) is 1. The van der Waals surface area contributed by atoms with Crippen molar-refractivity contribution in [2.24, 2.45) is 0 Å². The Morgan fingerprint density at radius 2 is 0.899 bits per heavy atom. The van der Waals surface area contributed by atoms with E-state index in [-0.39, 0.29) is 74.0 Å². The Morgan fingerprint density at radius 1 is 0.517 bits per heavy atom. The van der Waals surface area contributed by atoms with Gasteiger partial charge in [0.15, 0.2) is 34.5 Å². The summed E-state index contributed by atoms with van der Waals surface area (Å²) in [6, 6.07) is 31.2. The lowest BCUT2D eigenvalue weighted by molar-refractivity contribution is -0.287. The summed E-state index contributed by atoms with van der Waals surface area (Å²) in [4.78, 5) is 34.9. The zero-order chi connectivity index (χ0) is 65.4. The molecule has 1 amide bonds. The van der Waals surface area contributed by atoms with E-state index >= 15 is 0 Å².